The standard InChI is InChI=1S/C15H25NO2/c1-5-9-16-15(11-17-4)13-7-6-8-14(10-13)18-12(2)3/h6-8,10,12,15-16H,5,9,11H2,1-4H3. The third-order valence-corrected chi connectivity index (χ3v) is 2.61. The van der Waals surface area contributed by atoms with Crippen LogP contribution in [-0.4, -0.2) is 26.4 Å². The Morgan fingerprint density at radius 3 is 2.67 bits per heavy atom. The zero-order valence-electron chi connectivity index (χ0n) is 11.9. The first kappa shape index (κ1) is 15.0. The van der Waals surface area contributed by atoms with Gasteiger partial charge in [-0.3, -0.25) is 0 Å². The van der Waals surface area contributed by atoms with Gasteiger partial charge in [-0.1, -0.05) is 19.1 Å². The molecule has 1 rings (SSSR count). The van der Waals surface area contributed by atoms with Crippen LogP contribution in [-0.2, 0) is 4.74 Å². The average molecular weight is 251 g/mol. The molecule has 1 N–H and O–H groups in total. The topological polar surface area (TPSA) is 30.5 Å². The van der Waals surface area contributed by atoms with Crippen molar-refractivity contribution in [3.8, 4) is 5.75 Å². The van der Waals surface area contributed by atoms with E-state index in [9.17, 15) is 0 Å². The number of nitrogens with one attached hydrogen (secondary N) is 1. The van der Waals surface area contributed by atoms with Crippen molar-refractivity contribution in [3.63, 3.8) is 0 Å². The first-order valence-electron chi connectivity index (χ1n) is 6.66. The lowest BCUT2D eigenvalue weighted by atomic mass is 10.1. The molecule has 0 aliphatic carbocycles. The van der Waals surface area contributed by atoms with E-state index in [1.807, 2.05) is 26.0 Å². The molecule has 3 heteroatoms. The van der Waals surface area contributed by atoms with Crippen LogP contribution >= 0.6 is 0 Å². The van der Waals surface area contributed by atoms with Gasteiger partial charge in [-0.2, -0.15) is 0 Å². The molecule has 0 amide bonds. The molecular formula is C15H25NO2. The van der Waals surface area contributed by atoms with Gasteiger partial charge in [-0.05, 0) is 44.5 Å². The summed E-state index contributed by atoms with van der Waals surface area (Å²) in [6.07, 6.45) is 1.31. The van der Waals surface area contributed by atoms with Crippen LogP contribution in [0.15, 0.2) is 24.3 Å². The lowest BCUT2D eigenvalue weighted by Crippen LogP contribution is -2.26. The van der Waals surface area contributed by atoms with Crippen LogP contribution < -0.4 is 10.1 Å². The van der Waals surface area contributed by atoms with E-state index in [-0.39, 0.29) is 12.1 Å². The maximum Gasteiger partial charge on any atom is 0.120 e. The molecule has 0 saturated carbocycles. The van der Waals surface area contributed by atoms with E-state index >= 15 is 0 Å². The Labute approximate surface area is 110 Å². The second-order valence-electron chi connectivity index (χ2n) is 4.70. The molecule has 1 unspecified atom stereocenters. The minimum absolute atomic E-state index is 0.199. The molecular weight excluding hydrogens is 226 g/mol. The highest BCUT2D eigenvalue weighted by molar-refractivity contribution is 5.30. The molecule has 0 fully saturated rings. The SMILES string of the molecule is CCCNC(COC)c1cccc(OC(C)C)c1. The summed E-state index contributed by atoms with van der Waals surface area (Å²) in [7, 11) is 1.73. The summed E-state index contributed by atoms with van der Waals surface area (Å²) >= 11 is 0. The predicted molar refractivity (Wildman–Crippen MR) is 75.1 cm³/mol. The van der Waals surface area contributed by atoms with E-state index < -0.39 is 0 Å². The Bertz CT molecular complexity index is 339. The molecule has 0 aromatic heterocycles. The highest BCUT2D eigenvalue weighted by Crippen LogP contribution is 2.20. The van der Waals surface area contributed by atoms with Gasteiger partial charge in [0.2, 0.25) is 0 Å². The lowest BCUT2D eigenvalue weighted by molar-refractivity contribution is 0.166. The van der Waals surface area contributed by atoms with Gasteiger partial charge in [0.1, 0.15) is 5.75 Å². The molecule has 1 aromatic carbocycles. The van der Waals surface area contributed by atoms with E-state index in [2.05, 4.69) is 24.4 Å². The van der Waals surface area contributed by atoms with Crippen molar-refractivity contribution in [2.45, 2.75) is 39.3 Å². The second-order valence-corrected chi connectivity index (χ2v) is 4.70. The van der Waals surface area contributed by atoms with Crippen molar-refractivity contribution >= 4 is 0 Å². The maximum absolute atomic E-state index is 5.72. The van der Waals surface area contributed by atoms with Gasteiger partial charge in [0, 0.05) is 7.11 Å². The quantitative estimate of drug-likeness (QED) is 0.770. The van der Waals surface area contributed by atoms with E-state index in [0.717, 1.165) is 18.7 Å². The first-order chi connectivity index (χ1) is 8.67. The molecule has 0 aliphatic rings. The molecule has 0 bridgehead atoms. The fourth-order valence-corrected chi connectivity index (χ4v) is 1.84. The van der Waals surface area contributed by atoms with Crippen molar-refractivity contribution in [2.75, 3.05) is 20.3 Å². The van der Waals surface area contributed by atoms with E-state index in [1.54, 1.807) is 7.11 Å². The normalized spacial score (nSPS) is 12.7. The minimum Gasteiger partial charge on any atom is -0.491 e. The number of hydrogen-bond donors (Lipinski definition) is 1. The predicted octanol–water partition coefficient (Wildman–Crippen LogP) is 3.16. The molecule has 0 radical (unpaired) electrons. The number of rotatable bonds is 8. The molecule has 0 saturated heterocycles. The first-order valence-corrected chi connectivity index (χ1v) is 6.66. The molecule has 1 aromatic rings. The number of hydrogen-bond acceptors (Lipinski definition) is 3. The van der Waals surface area contributed by atoms with Gasteiger partial charge in [0.15, 0.2) is 0 Å². The Balaban J connectivity index is 2.76. The van der Waals surface area contributed by atoms with Crippen LogP contribution in [0.2, 0.25) is 0 Å². The maximum atomic E-state index is 5.72. The molecule has 3 nitrogen and oxygen atoms in total. The number of ether oxygens (including phenoxy) is 2. The van der Waals surface area contributed by atoms with Crippen LogP contribution in [0, 0.1) is 0 Å². The third kappa shape index (κ3) is 5.07. The van der Waals surface area contributed by atoms with Crippen molar-refractivity contribution in [1.29, 1.82) is 0 Å². The van der Waals surface area contributed by atoms with Gasteiger partial charge in [-0.25, -0.2) is 0 Å². The molecule has 0 spiro atoms. The Morgan fingerprint density at radius 2 is 2.06 bits per heavy atom. The second kappa shape index (κ2) is 8.11. The highest BCUT2D eigenvalue weighted by atomic mass is 16.5. The average Bonchev–Trinajstić information content (AvgIpc) is 2.34. The summed E-state index contributed by atoms with van der Waals surface area (Å²) in [4.78, 5) is 0. The summed E-state index contributed by atoms with van der Waals surface area (Å²) in [5.41, 5.74) is 1.21. The summed E-state index contributed by atoms with van der Waals surface area (Å²) in [6, 6.07) is 8.45. The fourth-order valence-electron chi connectivity index (χ4n) is 1.84. The van der Waals surface area contributed by atoms with E-state index in [0.29, 0.717) is 6.61 Å². The van der Waals surface area contributed by atoms with Gasteiger partial charge < -0.3 is 14.8 Å². The van der Waals surface area contributed by atoms with Crippen LogP contribution in [0.25, 0.3) is 0 Å². The molecule has 0 aliphatic heterocycles. The summed E-state index contributed by atoms with van der Waals surface area (Å²) in [6.45, 7) is 7.90. The number of methoxy groups -OCH3 is 1. The smallest absolute Gasteiger partial charge is 0.120 e. The van der Waals surface area contributed by atoms with E-state index in [1.165, 1.54) is 5.56 Å². The Morgan fingerprint density at radius 1 is 1.28 bits per heavy atom. The highest BCUT2D eigenvalue weighted by Gasteiger charge is 2.11. The van der Waals surface area contributed by atoms with Crippen LogP contribution in [0.5, 0.6) is 5.75 Å². The zero-order chi connectivity index (χ0) is 13.4. The van der Waals surface area contributed by atoms with Crippen LogP contribution in [0.3, 0.4) is 0 Å². The number of benzene rings is 1. The zero-order valence-corrected chi connectivity index (χ0v) is 11.9. The fraction of sp³-hybridized carbons (Fsp3) is 0.600. The van der Waals surface area contributed by atoms with Gasteiger partial charge >= 0.3 is 0 Å². The Kier molecular flexibility index (Phi) is 6.76. The molecule has 0 heterocycles. The van der Waals surface area contributed by atoms with Gasteiger partial charge in [-0.15, -0.1) is 0 Å². The van der Waals surface area contributed by atoms with Gasteiger partial charge in [0.25, 0.3) is 0 Å². The summed E-state index contributed by atoms with van der Waals surface area (Å²) in [5, 5.41) is 3.49. The third-order valence-electron chi connectivity index (χ3n) is 2.61. The minimum atomic E-state index is 0.199. The molecule has 18 heavy (non-hydrogen) atoms. The van der Waals surface area contributed by atoms with Crippen molar-refractivity contribution in [3.05, 3.63) is 29.8 Å². The molecule has 1 atom stereocenters. The van der Waals surface area contributed by atoms with E-state index in [4.69, 9.17) is 9.47 Å². The van der Waals surface area contributed by atoms with Crippen molar-refractivity contribution < 1.29 is 9.47 Å². The van der Waals surface area contributed by atoms with Crippen LogP contribution in [0.1, 0.15) is 38.8 Å². The van der Waals surface area contributed by atoms with Crippen molar-refractivity contribution in [2.24, 2.45) is 0 Å². The van der Waals surface area contributed by atoms with Crippen molar-refractivity contribution in [1.82, 2.24) is 5.32 Å². The van der Waals surface area contributed by atoms with Crippen LogP contribution in [0.4, 0.5) is 0 Å². The summed E-state index contributed by atoms with van der Waals surface area (Å²) < 4.78 is 11.0. The summed E-state index contributed by atoms with van der Waals surface area (Å²) in [5.74, 6) is 0.918. The lowest BCUT2D eigenvalue weighted by Gasteiger charge is -2.19. The largest absolute Gasteiger partial charge is 0.491 e. The Hall–Kier alpha value is -1.06. The monoisotopic (exact) mass is 251 g/mol. The van der Waals surface area contributed by atoms with Gasteiger partial charge in [0.05, 0.1) is 18.8 Å². The molecule has 102 valence electrons.